The fraction of sp³-hybridized carbons (Fsp3) is 0.0625. The number of methoxy groups -OCH3 is 1. The van der Waals surface area contributed by atoms with E-state index in [2.05, 4.69) is 20.3 Å². The van der Waals surface area contributed by atoms with Crippen LogP contribution in [0.2, 0.25) is 0 Å². The summed E-state index contributed by atoms with van der Waals surface area (Å²) >= 11 is 3.15. The third-order valence-corrected chi connectivity index (χ3v) is 5.00. The van der Waals surface area contributed by atoms with Crippen LogP contribution in [0.1, 0.15) is 0 Å². The molecule has 23 heavy (non-hydrogen) atoms. The van der Waals surface area contributed by atoms with Gasteiger partial charge >= 0.3 is 0 Å². The zero-order valence-corrected chi connectivity index (χ0v) is 13.8. The average molecular weight is 340 g/mol. The van der Waals surface area contributed by atoms with Gasteiger partial charge < -0.3 is 10.1 Å². The molecule has 7 heteroatoms. The zero-order chi connectivity index (χ0) is 15.6. The molecule has 3 heterocycles. The number of benzene rings is 1. The van der Waals surface area contributed by atoms with Crippen molar-refractivity contribution in [3.05, 3.63) is 48.1 Å². The Morgan fingerprint density at radius 1 is 1.04 bits per heavy atom. The summed E-state index contributed by atoms with van der Waals surface area (Å²) in [4.78, 5) is 13.2. The highest BCUT2D eigenvalue weighted by Gasteiger charge is 2.08. The van der Waals surface area contributed by atoms with E-state index in [0.29, 0.717) is 0 Å². The van der Waals surface area contributed by atoms with Gasteiger partial charge in [-0.2, -0.15) is 0 Å². The molecule has 0 saturated heterocycles. The molecule has 0 spiro atoms. The van der Waals surface area contributed by atoms with Gasteiger partial charge in [0.05, 0.1) is 23.0 Å². The molecule has 0 fully saturated rings. The van der Waals surface area contributed by atoms with Gasteiger partial charge in [0.1, 0.15) is 5.75 Å². The van der Waals surface area contributed by atoms with Crippen molar-refractivity contribution in [2.45, 2.75) is 0 Å². The van der Waals surface area contributed by atoms with Gasteiger partial charge in [-0.1, -0.05) is 11.3 Å². The summed E-state index contributed by atoms with van der Waals surface area (Å²) in [7, 11) is 1.66. The quantitative estimate of drug-likeness (QED) is 0.590. The van der Waals surface area contributed by atoms with E-state index in [-0.39, 0.29) is 0 Å². The first-order chi connectivity index (χ1) is 11.3. The predicted octanol–water partition coefficient (Wildman–Crippen LogP) is 4.57. The van der Waals surface area contributed by atoms with Crippen LogP contribution in [0.15, 0.2) is 48.1 Å². The lowest BCUT2D eigenvalue weighted by Gasteiger charge is -1.96. The number of ether oxygens (including phenoxy) is 1. The summed E-state index contributed by atoms with van der Waals surface area (Å²) in [6.07, 6.45) is 3.53. The molecule has 0 unspecified atom stereocenters. The lowest BCUT2D eigenvalue weighted by molar-refractivity contribution is 0.415. The zero-order valence-electron chi connectivity index (χ0n) is 12.2. The Labute approximate surface area is 140 Å². The molecular formula is C16H12N4OS2. The van der Waals surface area contributed by atoms with Crippen molar-refractivity contribution in [2.75, 3.05) is 12.4 Å². The number of aromatic nitrogens is 3. The number of anilines is 2. The maximum absolute atomic E-state index is 5.23. The van der Waals surface area contributed by atoms with Crippen LogP contribution in [0.4, 0.5) is 10.3 Å². The van der Waals surface area contributed by atoms with E-state index < -0.39 is 0 Å². The first kappa shape index (κ1) is 14.1. The van der Waals surface area contributed by atoms with Gasteiger partial charge in [-0.05, 0) is 24.3 Å². The van der Waals surface area contributed by atoms with Gasteiger partial charge in [0.2, 0.25) is 0 Å². The number of nitrogens with one attached hydrogen (secondary N) is 1. The number of pyridine rings is 1. The third kappa shape index (κ3) is 2.88. The standard InChI is InChI=1S/C16H12N4OS2/c1-21-11-2-3-14-12(8-11)18-16(23-14)20-15-19-13(9-22-15)10-4-6-17-7-5-10/h2-9H,1H3,(H,18,19,20). The van der Waals surface area contributed by atoms with Crippen LogP contribution in [0, 0.1) is 0 Å². The van der Waals surface area contributed by atoms with Crippen LogP contribution in [-0.2, 0) is 0 Å². The number of hydrogen-bond acceptors (Lipinski definition) is 7. The number of thiazole rings is 2. The summed E-state index contributed by atoms with van der Waals surface area (Å²) in [6.45, 7) is 0. The minimum Gasteiger partial charge on any atom is -0.497 e. The van der Waals surface area contributed by atoms with Gasteiger partial charge in [0.15, 0.2) is 10.3 Å². The molecule has 0 radical (unpaired) electrons. The molecule has 0 amide bonds. The highest BCUT2D eigenvalue weighted by Crippen LogP contribution is 2.32. The molecule has 3 aromatic heterocycles. The molecule has 4 aromatic rings. The summed E-state index contributed by atoms with van der Waals surface area (Å²) in [6, 6.07) is 9.78. The normalized spacial score (nSPS) is 10.8. The number of hydrogen-bond donors (Lipinski definition) is 1. The predicted molar refractivity (Wildman–Crippen MR) is 94.8 cm³/mol. The summed E-state index contributed by atoms with van der Waals surface area (Å²) in [5, 5.41) is 6.95. The number of nitrogens with zero attached hydrogens (tertiary/aromatic N) is 3. The highest BCUT2D eigenvalue weighted by molar-refractivity contribution is 7.22. The van der Waals surface area contributed by atoms with E-state index in [1.54, 1.807) is 42.2 Å². The van der Waals surface area contributed by atoms with E-state index in [4.69, 9.17) is 4.74 Å². The third-order valence-electron chi connectivity index (χ3n) is 3.29. The van der Waals surface area contributed by atoms with Crippen molar-refractivity contribution >= 4 is 43.2 Å². The second kappa shape index (κ2) is 5.94. The molecule has 0 aliphatic carbocycles. The Kier molecular flexibility index (Phi) is 3.64. The molecule has 1 aromatic carbocycles. The van der Waals surface area contributed by atoms with E-state index in [1.807, 2.05) is 35.7 Å². The first-order valence-electron chi connectivity index (χ1n) is 6.89. The Hall–Kier alpha value is -2.51. The van der Waals surface area contributed by atoms with E-state index in [0.717, 1.165) is 37.5 Å². The first-order valence-corrected chi connectivity index (χ1v) is 8.59. The van der Waals surface area contributed by atoms with Gasteiger partial charge in [0.25, 0.3) is 0 Å². The Bertz CT molecular complexity index is 949. The lowest BCUT2D eigenvalue weighted by atomic mass is 10.2. The van der Waals surface area contributed by atoms with Crippen LogP contribution in [0.3, 0.4) is 0 Å². The molecule has 1 N–H and O–H groups in total. The molecule has 0 atom stereocenters. The van der Waals surface area contributed by atoms with Crippen molar-refractivity contribution in [1.29, 1.82) is 0 Å². The number of fused-ring (bicyclic) bond motifs is 1. The maximum atomic E-state index is 5.23. The fourth-order valence-corrected chi connectivity index (χ4v) is 3.79. The monoisotopic (exact) mass is 340 g/mol. The molecule has 0 aliphatic rings. The summed E-state index contributed by atoms with van der Waals surface area (Å²) in [5.74, 6) is 0.809. The van der Waals surface area contributed by atoms with Gasteiger partial charge in [-0.3, -0.25) is 4.98 Å². The molecule has 0 saturated carbocycles. The van der Waals surface area contributed by atoms with Crippen LogP contribution < -0.4 is 10.1 Å². The van der Waals surface area contributed by atoms with E-state index >= 15 is 0 Å². The van der Waals surface area contributed by atoms with Crippen molar-refractivity contribution in [1.82, 2.24) is 15.0 Å². The summed E-state index contributed by atoms with van der Waals surface area (Å²) in [5.41, 5.74) is 2.91. The van der Waals surface area contributed by atoms with Gasteiger partial charge in [-0.15, -0.1) is 11.3 Å². The van der Waals surface area contributed by atoms with Gasteiger partial charge in [-0.25, -0.2) is 9.97 Å². The molecule has 0 aliphatic heterocycles. The fourth-order valence-electron chi connectivity index (χ4n) is 2.17. The maximum Gasteiger partial charge on any atom is 0.190 e. The van der Waals surface area contributed by atoms with Crippen molar-refractivity contribution < 1.29 is 4.74 Å². The molecule has 4 rings (SSSR count). The molecule has 114 valence electrons. The molecular weight excluding hydrogens is 328 g/mol. The topological polar surface area (TPSA) is 59.9 Å². The van der Waals surface area contributed by atoms with Gasteiger partial charge in [0, 0.05) is 29.4 Å². The smallest absolute Gasteiger partial charge is 0.190 e. The van der Waals surface area contributed by atoms with Crippen LogP contribution in [0.25, 0.3) is 21.5 Å². The second-order valence-electron chi connectivity index (χ2n) is 4.75. The Morgan fingerprint density at radius 2 is 1.91 bits per heavy atom. The minimum atomic E-state index is 0.809. The minimum absolute atomic E-state index is 0.809. The molecule has 0 bridgehead atoms. The van der Waals surface area contributed by atoms with E-state index in [9.17, 15) is 0 Å². The van der Waals surface area contributed by atoms with Crippen LogP contribution >= 0.6 is 22.7 Å². The summed E-state index contributed by atoms with van der Waals surface area (Å²) < 4.78 is 6.34. The molecule has 5 nitrogen and oxygen atoms in total. The number of rotatable bonds is 4. The van der Waals surface area contributed by atoms with Crippen molar-refractivity contribution in [3.63, 3.8) is 0 Å². The lowest BCUT2D eigenvalue weighted by Crippen LogP contribution is -1.88. The van der Waals surface area contributed by atoms with Crippen molar-refractivity contribution in [2.24, 2.45) is 0 Å². The average Bonchev–Trinajstić information content (AvgIpc) is 3.21. The second-order valence-corrected chi connectivity index (χ2v) is 6.64. The largest absolute Gasteiger partial charge is 0.497 e. The Balaban J connectivity index is 1.60. The SMILES string of the molecule is COc1ccc2sc(Nc3nc(-c4ccncc4)cs3)nc2c1. The Morgan fingerprint density at radius 3 is 2.74 bits per heavy atom. The van der Waals surface area contributed by atoms with E-state index in [1.165, 1.54) is 0 Å². The van der Waals surface area contributed by atoms with Crippen LogP contribution in [0.5, 0.6) is 5.75 Å². The highest BCUT2D eigenvalue weighted by atomic mass is 32.1. The van der Waals surface area contributed by atoms with Crippen molar-refractivity contribution in [3.8, 4) is 17.0 Å². The van der Waals surface area contributed by atoms with Crippen LogP contribution in [-0.4, -0.2) is 22.1 Å².